The van der Waals surface area contributed by atoms with Crippen molar-refractivity contribution in [1.82, 2.24) is 4.72 Å². The highest BCUT2D eigenvalue weighted by Gasteiger charge is 2.42. The summed E-state index contributed by atoms with van der Waals surface area (Å²) in [7, 11) is -2.33. The third kappa shape index (κ3) is 3.91. The van der Waals surface area contributed by atoms with Gasteiger partial charge in [-0.25, -0.2) is 13.1 Å². The lowest BCUT2D eigenvalue weighted by Gasteiger charge is -2.21. The summed E-state index contributed by atoms with van der Waals surface area (Å²) in [5.74, 6) is -1.07. The van der Waals surface area contributed by atoms with Gasteiger partial charge in [0.1, 0.15) is 0 Å². The molecule has 1 saturated carbocycles. The smallest absolute Gasteiger partial charge is 0.310 e. The van der Waals surface area contributed by atoms with E-state index >= 15 is 0 Å². The molecule has 1 aliphatic rings. The number of rotatable bonds is 6. The fraction of sp³-hybridized carbons (Fsp3) is 0.833. The second-order valence-corrected chi connectivity index (χ2v) is 6.66. The van der Waals surface area contributed by atoms with E-state index in [0.717, 1.165) is 0 Å². The number of hydrogen-bond acceptors (Lipinski definition) is 5. The van der Waals surface area contributed by atoms with Gasteiger partial charge < -0.3 is 4.74 Å². The molecule has 0 spiro atoms. The zero-order valence-electron chi connectivity index (χ0n) is 11.3. The molecule has 0 aromatic carbocycles. The van der Waals surface area contributed by atoms with Crippen LogP contribution in [0.2, 0.25) is 0 Å². The summed E-state index contributed by atoms with van der Waals surface area (Å²) in [6, 6.07) is 1.56. The van der Waals surface area contributed by atoms with Gasteiger partial charge in [0.15, 0.2) is 0 Å². The van der Waals surface area contributed by atoms with Crippen molar-refractivity contribution in [3.05, 3.63) is 0 Å². The molecule has 6 nitrogen and oxygen atoms in total. The zero-order chi connectivity index (χ0) is 14.5. The topological polar surface area (TPSA) is 96.3 Å². The Hall–Kier alpha value is -1.13. The Labute approximate surface area is 114 Å². The van der Waals surface area contributed by atoms with E-state index in [-0.39, 0.29) is 6.42 Å². The van der Waals surface area contributed by atoms with E-state index in [9.17, 15) is 13.2 Å². The standard InChI is InChI=1S/C12H20N2O4S/c1-3-9(7-8-13)14-19(16,17)11-6-4-5-10(11)12(15)18-2/h9-11,14H,3-7H2,1-2H3. The molecule has 3 unspecified atom stereocenters. The van der Waals surface area contributed by atoms with Gasteiger partial charge in [0, 0.05) is 6.04 Å². The van der Waals surface area contributed by atoms with Crippen molar-refractivity contribution in [2.45, 2.75) is 50.3 Å². The van der Waals surface area contributed by atoms with Crippen LogP contribution in [0.3, 0.4) is 0 Å². The number of hydrogen-bond donors (Lipinski definition) is 1. The first-order chi connectivity index (χ1) is 8.96. The summed E-state index contributed by atoms with van der Waals surface area (Å²) in [4.78, 5) is 11.6. The molecule has 0 aliphatic heterocycles. The highest BCUT2D eigenvalue weighted by molar-refractivity contribution is 7.90. The Morgan fingerprint density at radius 3 is 2.74 bits per heavy atom. The van der Waals surface area contributed by atoms with E-state index in [4.69, 9.17) is 5.26 Å². The Balaban J connectivity index is 2.81. The molecule has 0 aromatic rings. The first kappa shape index (κ1) is 15.9. The van der Waals surface area contributed by atoms with Crippen LogP contribution < -0.4 is 4.72 Å². The lowest BCUT2D eigenvalue weighted by Crippen LogP contribution is -2.43. The molecule has 1 aliphatic carbocycles. The van der Waals surface area contributed by atoms with Gasteiger partial charge in [-0.05, 0) is 19.3 Å². The molecule has 19 heavy (non-hydrogen) atoms. The predicted octanol–water partition coefficient (Wildman–Crippen LogP) is 0.940. The normalized spacial score (nSPS) is 24.7. The molecule has 0 aromatic heterocycles. The maximum atomic E-state index is 12.3. The number of carbonyl (C=O) groups is 1. The SMILES string of the molecule is CCC(CC#N)NS(=O)(=O)C1CCCC1C(=O)OC. The van der Waals surface area contributed by atoms with E-state index in [1.165, 1.54) is 7.11 Å². The van der Waals surface area contributed by atoms with Crippen molar-refractivity contribution in [3.8, 4) is 6.07 Å². The quantitative estimate of drug-likeness (QED) is 0.734. The summed E-state index contributed by atoms with van der Waals surface area (Å²) in [6.45, 7) is 1.82. The van der Waals surface area contributed by atoms with Gasteiger partial charge in [-0.1, -0.05) is 13.3 Å². The maximum Gasteiger partial charge on any atom is 0.310 e. The minimum absolute atomic E-state index is 0.130. The predicted molar refractivity (Wildman–Crippen MR) is 69.5 cm³/mol. The van der Waals surface area contributed by atoms with E-state index in [1.807, 2.05) is 13.0 Å². The highest BCUT2D eigenvalue weighted by Crippen LogP contribution is 2.31. The Kier molecular flexibility index (Phi) is 5.76. The van der Waals surface area contributed by atoms with E-state index in [1.54, 1.807) is 0 Å². The van der Waals surface area contributed by atoms with Crippen LogP contribution >= 0.6 is 0 Å². The summed E-state index contributed by atoms with van der Waals surface area (Å²) in [5, 5.41) is 7.91. The van der Waals surface area contributed by atoms with Crippen LogP contribution in [0, 0.1) is 17.2 Å². The molecule has 1 N–H and O–H groups in total. The average molecular weight is 288 g/mol. The van der Waals surface area contributed by atoms with Gasteiger partial charge in [-0.3, -0.25) is 4.79 Å². The zero-order valence-corrected chi connectivity index (χ0v) is 12.1. The van der Waals surface area contributed by atoms with Crippen LogP contribution in [0.15, 0.2) is 0 Å². The van der Waals surface area contributed by atoms with Crippen molar-refractivity contribution in [2.24, 2.45) is 5.92 Å². The van der Waals surface area contributed by atoms with Gasteiger partial charge in [-0.15, -0.1) is 0 Å². The number of ether oxygens (including phenoxy) is 1. The first-order valence-corrected chi connectivity index (χ1v) is 7.96. The van der Waals surface area contributed by atoms with Gasteiger partial charge in [-0.2, -0.15) is 5.26 Å². The van der Waals surface area contributed by atoms with Crippen molar-refractivity contribution in [2.75, 3.05) is 7.11 Å². The number of methoxy groups -OCH3 is 1. The molecule has 0 radical (unpaired) electrons. The molecule has 0 saturated heterocycles. The maximum absolute atomic E-state index is 12.3. The van der Waals surface area contributed by atoms with E-state index in [0.29, 0.717) is 25.7 Å². The summed E-state index contributed by atoms with van der Waals surface area (Å²) in [6.07, 6.45) is 2.36. The largest absolute Gasteiger partial charge is 0.469 e. The minimum atomic E-state index is -3.60. The number of sulfonamides is 1. The summed E-state index contributed by atoms with van der Waals surface area (Å²) in [5.41, 5.74) is 0. The van der Waals surface area contributed by atoms with E-state index in [2.05, 4.69) is 9.46 Å². The van der Waals surface area contributed by atoms with Gasteiger partial charge >= 0.3 is 5.97 Å². The monoisotopic (exact) mass is 288 g/mol. The summed E-state index contributed by atoms with van der Waals surface area (Å²) >= 11 is 0. The van der Waals surface area contributed by atoms with Gasteiger partial charge in [0.25, 0.3) is 0 Å². The van der Waals surface area contributed by atoms with Crippen molar-refractivity contribution >= 4 is 16.0 Å². The van der Waals surface area contributed by atoms with Crippen LogP contribution in [-0.4, -0.2) is 32.8 Å². The molecule has 1 rings (SSSR count). The van der Waals surface area contributed by atoms with Crippen LogP contribution in [0.5, 0.6) is 0 Å². The number of esters is 1. The lowest BCUT2D eigenvalue weighted by molar-refractivity contribution is -0.145. The molecule has 0 heterocycles. The number of carbonyl (C=O) groups excluding carboxylic acids is 1. The van der Waals surface area contributed by atoms with Gasteiger partial charge in [0.2, 0.25) is 10.0 Å². The molecular formula is C12H20N2O4S. The lowest BCUT2D eigenvalue weighted by atomic mass is 10.1. The molecule has 0 bridgehead atoms. The first-order valence-electron chi connectivity index (χ1n) is 6.42. The molecule has 7 heteroatoms. The van der Waals surface area contributed by atoms with Crippen molar-refractivity contribution < 1.29 is 17.9 Å². The minimum Gasteiger partial charge on any atom is -0.469 e. The third-order valence-corrected chi connectivity index (χ3v) is 5.54. The van der Waals surface area contributed by atoms with Crippen LogP contribution in [0.25, 0.3) is 0 Å². The van der Waals surface area contributed by atoms with Crippen molar-refractivity contribution in [3.63, 3.8) is 0 Å². The molecule has 108 valence electrons. The summed E-state index contributed by atoms with van der Waals surface area (Å²) < 4.78 is 31.8. The number of nitrogens with one attached hydrogen (secondary N) is 1. The molecule has 0 amide bonds. The fourth-order valence-electron chi connectivity index (χ4n) is 2.42. The molecular weight excluding hydrogens is 268 g/mol. The number of nitrogens with zero attached hydrogens (tertiary/aromatic N) is 1. The van der Waals surface area contributed by atoms with E-state index < -0.39 is 33.2 Å². The average Bonchev–Trinajstić information content (AvgIpc) is 2.87. The van der Waals surface area contributed by atoms with Crippen LogP contribution in [0.4, 0.5) is 0 Å². The second kappa shape index (κ2) is 6.87. The Morgan fingerprint density at radius 2 is 2.21 bits per heavy atom. The highest BCUT2D eigenvalue weighted by atomic mass is 32.2. The number of nitriles is 1. The Morgan fingerprint density at radius 1 is 1.53 bits per heavy atom. The molecule has 1 fully saturated rings. The van der Waals surface area contributed by atoms with Crippen LogP contribution in [0.1, 0.15) is 39.0 Å². The Bertz CT molecular complexity index is 455. The van der Waals surface area contributed by atoms with Crippen LogP contribution in [-0.2, 0) is 19.6 Å². The third-order valence-electron chi connectivity index (χ3n) is 3.52. The fourth-order valence-corrected chi connectivity index (χ4v) is 4.46. The molecule has 3 atom stereocenters. The van der Waals surface area contributed by atoms with Crippen molar-refractivity contribution in [1.29, 1.82) is 5.26 Å². The van der Waals surface area contributed by atoms with Gasteiger partial charge in [0.05, 0.1) is 30.8 Å². The second-order valence-electron chi connectivity index (χ2n) is 4.73.